The number of benzene rings is 1. The molecular formula is C13H21NO4. The normalized spacial score (nSPS) is 12.4. The highest BCUT2D eigenvalue weighted by Gasteiger charge is 2.07. The van der Waals surface area contributed by atoms with E-state index in [4.69, 9.17) is 14.6 Å². The summed E-state index contributed by atoms with van der Waals surface area (Å²) in [7, 11) is 1.63. The van der Waals surface area contributed by atoms with Gasteiger partial charge in [0.25, 0.3) is 0 Å². The molecule has 3 N–H and O–H groups in total. The Bertz CT molecular complexity index is 333. The maximum absolute atomic E-state index is 9.68. The topological polar surface area (TPSA) is 71.0 Å². The van der Waals surface area contributed by atoms with Crippen LogP contribution in [0.2, 0.25) is 0 Å². The van der Waals surface area contributed by atoms with Crippen LogP contribution in [0.4, 0.5) is 0 Å². The van der Waals surface area contributed by atoms with Crippen molar-refractivity contribution in [2.45, 2.75) is 12.7 Å². The molecule has 0 aliphatic rings. The van der Waals surface area contributed by atoms with Crippen molar-refractivity contribution in [3.05, 3.63) is 29.8 Å². The van der Waals surface area contributed by atoms with Gasteiger partial charge in [-0.15, -0.1) is 0 Å². The van der Waals surface area contributed by atoms with E-state index in [2.05, 4.69) is 5.32 Å². The molecule has 0 fully saturated rings. The molecule has 1 rings (SSSR count). The molecule has 102 valence electrons. The highest BCUT2D eigenvalue weighted by molar-refractivity contribution is 5.32. The molecule has 0 saturated heterocycles. The van der Waals surface area contributed by atoms with Crippen LogP contribution in [0.15, 0.2) is 24.3 Å². The van der Waals surface area contributed by atoms with Gasteiger partial charge in [-0.2, -0.15) is 0 Å². The first-order chi connectivity index (χ1) is 8.77. The van der Waals surface area contributed by atoms with E-state index >= 15 is 0 Å². The van der Waals surface area contributed by atoms with E-state index in [1.165, 1.54) is 0 Å². The fourth-order valence-electron chi connectivity index (χ4n) is 1.46. The Labute approximate surface area is 107 Å². The molecule has 0 spiro atoms. The molecule has 1 atom stereocenters. The fraction of sp³-hybridized carbons (Fsp3) is 0.538. The van der Waals surface area contributed by atoms with Gasteiger partial charge in [-0.3, -0.25) is 0 Å². The van der Waals surface area contributed by atoms with Gasteiger partial charge in [0.05, 0.1) is 13.2 Å². The number of aliphatic hydroxyl groups is 2. The maximum atomic E-state index is 9.68. The molecule has 0 radical (unpaired) electrons. The number of nitrogens with one attached hydrogen (secondary N) is 1. The zero-order valence-corrected chi connectivity index (χ0v) is 10.6. The molecule has 0 heterocycles. The molecule has 5 heteroatoms. The largest absolute Gasteiger partial charge is 0.490 e. The standard InChI is InChI=1S/C13H21NO4/c1-17-7-6-14-8-12(16)10-18-13-5-3-2-4-11(13)9-15/h2-5,12,14-16H,6-10H2,1H3. The molecule has 0 saturated carbocycles. The van der Waals surface area contributed by atoms with Gasteiger partial charge in [0.15, 0.2) is 0 Å². The molecular weight excluding hydrogens is 234 g/mol. The Morgan fingerprint density at radius 1 is 1.33 bits per heavy atom. The zero-order chi connectivity index (χ0) is 13.2. The van der Waals surface area contributed by atoms with Gasteiger partial charge < -0.3 is 25.0 Å². The smallest absolute Gasteiger partial charge is 0.124 e. The minimum atomic E-state index is -0.589. The van der Waals surface area contributed by atoms with Gasteiger partial charge in [-0.25, -0.2) is 0 Å². The fourth-order valence-corrected chi connectivity index (χ4v) is 1.46. The molecule has 1 aromatic carbocycles. The van der Waals surface area contributed by atoms with Crippen molar-refractivity contribution in [1.82, 2.24) is 5.32 Å². The van der Waals surface area contributed by atoms with E-state index in [-0.39, 0.29) is 13.2 Å². The van der Waals surface area contributed by atoms with Crippen molar-refractivity contribution in [1.29, 1.82) is 0 Å². The molecule has 1 aromatic rings. The molecule has 0 bridgehead atoms. The summed E-state index contributed by atoms with van der Waals surface area (Å²) in [6.07, 6.45) is -0.589. The summed E-state index contributed by atoms with van der Waals surface area (Å²) in [6, 6.07) is 7.23. The van der Waals surface area contributed by atoms with E-state index in [1.807, 2.05) is 12.1 Å². The lowest BCUT2D eigenvalue weighted by Gasteiger charge is -2.14. The molecule has 0 amide bonds. The van der Waals surface area contributed by atoms with Crippen molar-refractivity contribution in [2.24, 2.45) is 0 Å². The Kier molecular flexibility index (Phi) is 7.36. The van der Waals surface area contributed by atoms with Crippen LogP contribution < -0.4 is 10.1 Å². The predicted octanol–water partition coefficient (Wildman–Crippen LogP) is 0.155. The van der Waals surface area contributed by atoms with E-state index in [0.717, 1.165) is 5.56 Å². The first-order valence-corrected chi connectivity index (χ1v) is 5.97. The quantitative estimate of drug-likeness (QED) is 0.548. The number of aliphatic hydroxyl groups excluding tert-OH is 2. The second-order valence-corrected chi connectivity index (χ2v) is 3.93. The number of methoxy groups -OCH3 is 1. The molecule has 0 aromatic heterocycles. The lowest BCUT2D eigenvalue weighted by molar-refractivity contribution is 0.102. The van der Waals surface area contributed by atoms with E-state index in [1.54, 1.807) is 19.2 Å². The van der Waals surface area contributed by atoms with Crippen LogP contribution in [0.1, 0.15) is 5.56 Å². The zero-order valence-electron chi connectivity index (χ0n) is 10.6. The first kappa shape index (κ1) is 14.9. The van der Waals surface area contributed by atoms with Crippen molar-refractivity contribution in [3.8, 4) is 5.75 Å². The SMILES string of the molecule is COCCNCC(O)COc1ccccc1CO. The summed E-state index contributed by atoms with van der Waals surface area (Å²) in [5.41, 5.74) is 0.719. The van der Waals surface area contributed by atoms with Crippen molar-refractivity contribution in [2.75, 3.05) is 33.4 Å². The van der Waals surface area contributed by atoms with Gasteiger partial charge in [0.1, 0.15) is 18.5 Å². The molecule has 18 heavy (non-hydrogen) atoms. The van der Waals surface area contributed by atoms with Crippen molar-refractivity contribution in [3.63, 3.8) is 0 Å². The second kappa shape index (κ2) is 8.88. The summed E-state index contributed by atoms with van der Waals surface area (Å²) >= 11 is 0. The summed E-state index contributed by atoms with van der Waals surface area (Å²) < 4.78 is 10.3. The minimum Gasteiger partial charge on any atom is -0.490 e. The molecule has 0 aliphatic heterocycles. The van der Waals surface area contributed by atoms with Crippen LogP contribution in [0.25, 0.3) is 0 Å². The van der Waals surface area contributed by atoms with Crippen molar-refractivity contribution >= 4 is 0 Å². The average Bonchev–Trinajstić information content (AvgIpc) is 2.41. The van der Waals surface area contributed by atoms with Gasteiger partial charge in [-0.05, 0) is 6.07 Å². The third-order valence-electron chi connectivity index (χ3n) is 2.44. The lowest BCUT2D eigenvalue weighted by atomic mass is 10.2. The predicted molar refractivity (Wildman–Crippen MR) is 68.6 cm³/mol. The van der Waals surface area contributed by atoms with Gasteiger partial charge >= 0.3 is 0 Å². The minimum absolute atomic E-state index is 0.0711. The van der Waals surface area contributed by atoms with Gasteiger partial charge in [0.2, 0.25) is 0 Å². The summed E-state index contributed by atoms with van der Waals surface area (Å²) in [5.74, 6) is 0.607. The highest BCUT2D eigenvalue weighted by atomic mass is 16.5. The van der Waals surface area contributed by atoms with Gasteiger partial charge in [-0.1, -0.05) is 18.2 Å². The summed E-state index contributed by atoms with van der Waals surface area (Å²) in [5, 5.41) is 21.8. The summed E-state index contributed by atoms with van der Waals surface area (Å²) in [6.45, 7) is 1.88. The van der Waals surface area contributed by atoms with Crippen LogP contribution in [0.5, 0.6) is 5.75 Å². The van der Waals surface area contributed by atoms with Crippen LogP contribution in [0, 0.1) is 0 Å². The monoisotopic (exact) mass is 255 g/mol. The number of rotatable bonds is 9. The third-order valence-corrected chi connectivity index (χ3v) is 2.44. The Balaban J connectivity index is 2.26. The number of hydrogen-bond acceptors (Lipinski definition) is 5. The van der Waals surface area contributed by atoms with Gasteiger partial charge in [0, 0.05) is 25.8 Å². The Morgan fingerprint density at radius 2 is 2.11 bits per heavy atom. The second-order valence-electron chi connectivity index (χ2n) is 3.93. The Hall–Kier alpha value is -1.14. The molecule has 5 nitrogen and oxygen atoms in total. The van der Waals surface area contributed by atoms with Crippen LogP contribution in [0.3, 0.4) is 0 Å². The number of para-hydroxylation sites is 1. The van der Waals surface area contributed by atoms with E-state index in [9.17, 15) is 5.11 Å². The molecule has 0 aliphatic carbocycles. The average molecular weight is 255 g/mol. The maximum Gasteiger partial charge on any atom is 0.124 e. The van der Waals surface area contributed by atoms with E-state index < -0.39 is 6.10 Å². The first-order valence-electron chi connectivity index (χ1n) is 5.97. The Morgan fingerprint density at radius 3 is 2.83 bits per heavy atom. The summed E-state index contributed by atoms with van der Waals surface area (Å²) in [4.78, 5) is 0. The third kappa shape index (κ3) is 5.46. The number of hydrogen-bond donors (Lipinski definition) is 3. The number of ether oxygens (including phenoxy) is 2. The van der Waals surface area contributed by atoms with Crippen LogP contribution >= 0.6 is 0 Å². The highest BCUT2D eigenvalue weighted by Crippen LogP contribution is 2.17. The van der Waals surface area contributed by atoms with Crippen LogP contribution in [-0.4, -0.2) is 49.7 Å². The molecule has 1 unspecified atom stereocenters. The van der Waals surface area contributed by atoms with Crippen molar-refractivity contribution < 1.29 is 19.7 Å². The van der Waals surface area contributed by atoms with Crippen LogP contribution in [-0.2, 0) is 11.3 Å². The lowest BCUT2D eigenvalue weighted by Crippen LogP contribution is -2.33. The van der Waals surface area contributed by atoms with E-state index in [0.29, 0.717) is 25.4 Å².